The number of rotatable bonds is 4. The summed E-state index contributed by atoms with van der Waals surface area (Å²) < 4.78 is 19.7. The van der Waals surface area contributed by atoms with Gasteiger partial charge in [0, 0.05) is 11.3 Å². The largest absolute Gasteiger partial charge is 0.469 e. The maximum atomic E-state index is 13.2. The number of halogens is 1. The first-order chi connectivity index (χ1) is 10.9. The first-order valence-electron chi connectivity index (χ1n) is 7.19. The molecule has 0 bridgehead atoms. The van der Waals surface area contributed by atoms with Crippen molar-refractivity contribution < 1.29 is 13.9 Å². The fourth-order valence-electron chi connectivity index (χ4n) is 2.74. The number of aromatic nitrogens is 2. The van der Waals surface area contributed by atoms with Gasteiger partial charge in [-0.3, -0.25) is 9.48 Å². The Hall–Kier alpha value is -2.68. The molecule has 1 atom stereocenters. The molecule has 0 aliphatic carbocycles. The van der Waals surface area contributed by atoms with Gasteiger partial charge in [-0.15, -0.1) is 0 Å². The lowest BCUT2D eigenvalue weighted by Crippen LogP contribution is -2.13. The Bertz CT molecular complexity index is 790. The quantitative estimate of drug-likeness (QED) is 0.814. The molecule has 6 heteroatoms. The predicted octanol–water partition coefficient (Wildman–Crippen LogP) is 2.84. The van der Waals surface area contributed by atoms with Crippen molar-refractivity contribution in [2.45, 2.75) is 33.2 Å². The molecule has 0 saturated heterocycles. The molecule has 5 nitrogen and oxygen atoms in total. The zero-order valence-electron chi connectivity index (χ0n) is 13.6. The van der Waals surface area contributed by atoms with Crippen LogP contribution < -0.4 is 0 Å². The maximum absolute atomic E-state index is 13.2. The molecule has 0 spiro atoms. The highest BCUT2D eigenvalue weighted by Crippen LogP contribution is 2.25. The van der Waals surface area contributed by atoms with Crippen molar-refractivity contribution in [2.75, 3.05) is 7.11 Å². The third-order valence-corrected chi connectivity index (χ3v) is 3.94. The monoisotopic (exact) mass is 315 g/mol. The summed E-state index contributed by atoms with van der Waals surface area (Å²) in [5.41, 5.74) is 3.34. The van der Waals surface area contributed by atoms with Gasteiger partial charge in [0.15, 0.2) is 0 Å². The van der Waals surface area contributed by atoms with E-state index in [9.17, 15) is 9.18 Å². The molecule has 0 aliphatic rings. The zero-order chi connectivity index (χ0) is 17.1. The number of carbonyl (C=O) groups is 1. The van der Waals surface area contributed by atoms with Crippen molar-refractivity contribution in [1.82, 2.24) is 9.78 Å². The number of aryl methyl sites for hydroxylation is 1. The van der Waals surface area contributed by atoms with Crippen LogP contribution in [-0.4, -0.2) is 22.9 Å². The summed E-state index contributed by atoms with van der Waals surface area (Å²) in [6.07, 6.45) is 0. The van der Waals surface area contributed by atoms with Crippen molar-refractivity contribution >= 4 is 5.97 Å². The zero-order valence-corrected chi connectivity index (χ0v) is 13.6. The van der Waals surface area contributed by atoms with E-state index < -0.39 is 11.7 Å². The van der Waals surface area contributed by atoms with E-state index in [-0.39, 0.29) is 11.5 Å². The van der Waals surface area contributed by atoms with Gasteiger partial charge in [0.05, 0.1) is 36.9 Å². The molecule has 1 aromatic carbocycles. The number of hydrogen-bond donors (Lipinski definition) is 0. The number of methoxy groups -OCH3 is 1. The predicted molar refractivity (Wildman–Crippen MR) is 82.3 cm³/mol. The van der Waals surface area contributed by atoms with Crippen LogP contribution in [0.3, 0.4) is 0 Å². The molecule has 2 rings (SSSR count). The first-order valence-corrected chi connectivity index (χ1v) is 7.19. The molecule has 0 unspecified atom stereocenters. The van der Waals surface area contributed by atoms with Crippen molar-refractivity contribution in [2.24, 2.45) is 0 Å². The Kier molecular flexibility index (Phi) is 4.80. The highest BCUT2D eigenvalue weighted by atomic mass is 19.1. The second-order valence-electron chi connectivity index (χ2n) is 5.40. The van der Waals surface area contributed by atoms with Crippen LogP contribution in [0, 0.1) is 31.0 Å². The molecule has 23 heavy (non-hydrogen) atoms. The van der Waals surface area contributed by atoms with Gasteiger partial charge >= 0.3 is 5.97 Å². The van der Waals surface area contributed by atoms with Gasteiger partial charge in [-0.1, -0.05) is 6.07 Å². The van der Waals surface area contributed by atoms with Crippen LogP contribution in [0.5, 0.6) is 0 Å². The molecular formula is C17H18FN3O2. The summed E-state index contributed by atoms with van der Waals surface area (Å²) in [6.45, 7) is 5.80. The summed E-state index contributed by atoms with van der Waals surface area (Å²) in [6, 6.07) is 6.10. The standard InChI is InChI=1S/C17H18FN3O2/c1-10(17(22)23-4)16-11(2)20-21(12(16)3)9-13-5-6-15(18)7-14(13)8-19/h5-7,10H,9H2,1-4H3/t10-/m0/s1. The SMILES string of the molecule is COC(=O)[C@@H](C)c1c(C)nn(Cc2ccc(F)cc2C#N)c1C. The Morgan fingerprint density at radius 1 is 1.48 bits per heavy atom. The smallest absolute Gasteiger partial charge is 0.312 e. The highest BCUT2D eigenvalue weighted by Gasteiger charge is 2.24. The van der Waals surface area contributed by atoms with Gasteiger partial charge in [0.2, 0.25) is 0 Å². The first kappa shape index (κ1) is 16.7. The number of benzene rings is 1. The maximum Gasteiger partial charge on any atom is 0.312 e. The molecule has 1 aromatic heterocycles. The van der Waals surface area contributed by atoms with Gasteiger partial charge in [-0.05, 0) is 38.5 Å². The number of hydrogen-bond acceptors (Lipinski definition) is 4. The third kappa shape index (κ3) is 3.24. The Morgan fingerprint density at radius 3 is 2.78 bits per heavy atom. The molecule has 0 amide bonds. The number of ether oxygens (including phenoxy) is 1. The number of carbonyl (C=O) groups excluding carboxylic acids is 1. The lowest BCUT2D eigenvalue weighted by Gasteiger charge is -2.11. The second-order valence-corrected chi connectivity index (χ2v) is 5.40. The normalized spacial score (nSPS) is 11.8. The van der Waals surface area contributed by atoms with Crippen LogP contribution in [0.25, 0.3) is 0 Å². The summed E-state index contributed by atoms with van der Waals surface area (Å²) in [7, 11) is 1.35. The minimum absolute atomic E-state index is 0.278. The van der Waals surface area contributed by atoms with Gasteiger partial charge < -0.3 is 4.74 Å². The minimum Gasteiger partial charge on any atom is -0.469 e. The molecule has 2 aromatic rings. The summed E-state index contributed by atoms with van der Waals surface area (Å²) >= 11 is 0. The lowest BCUT2D eigenvalue weighted by molar-refractivity contribution is -0.142. The fraction of sp³-hybridized carbons (Fsp3) is 0.353. The van der Waals surface area contributed by atoms with E-state index in [1.807, 2.05) is 19.9 Å². The van der Waals surface area contributed by atoms with Crippen LogP contribution in [0.2, 0.25) is 0 Å². The van der Waals surface area contributed by atoms with Crippen LogP contribution in [0.1, 0.15) is 40.9 Å². The summed E-state index contributed by atoms with van der Waals surface area (Å²) in [4.78, 5) is 11.8. The Morgan fingerprint density at radius 2 is 2.17 bits per heavy atom. The Balaban J connectivity index is 2.40. The fourth-order valence-corrected chi connectivity index (χ4v) is 2.74. The molecule has 0 fully saturated rings. The lowest BCUT2D eigenvalue weighted by atomic mass is 9.99. The molecule has 1 heterocycles. The number of nitriles is 1. The van der Waals surface area contributed by atoms with Gasteiger partial charge in [0.1, 0.15) is 5.82 Å². The average molecular weight is 315 g/mol. The molecular weight excluding hydrogens is 297 g/mol. The second kappa shape index (κ2) is 6.61. The van der Waals surface area contributed by atoms with Crippen molar-refractivity contribution in [3.63, 3.8) is 0 Å². The van der Waals surface area contributed by atoms with Crippen molar-refractivity contribution in [3.05, 3.63) is 52.1 Å². The van der Waals surface area contributed by atoms with Crippen molar-refractivity contribution in [1.29, 1.82) is 5.26 Å². The van der Waals surface area contributed by atoms with Crippen LogP contribution in [0.4, 0.5) is 4.39 Å². The molecule has 0 N–H and O–H groups in total. The van der Waals surface area contributed by atoms with Gasteiger partial charge in [0.25, 0.3) is 0 Å². The number of esters is 1. The van der Waals surface area contributed by atoms with Gasteiger partial charge in [-0.25, -0.2) is 4.39 Å². The van der Waals surface area contributed by atoms with Crippen LogP contribution in [0.15, 0.2) is 18.2 Å². The van der Waals surface area contributed by atoms with E-state index in [0.29, 0.717) is 12.1 Å². The Labute approximate surface area is 134 Å². The molecule has 120 valence electrons. The van der Waals surface area contributed by atoms with E-state index in [2.05, 4.69) is 5.10 Å². The molecule has 0 radical (unpaired) electrons. The van der Waals surface area contributed by atoms with Gasteiger partial charge in [-0.2, -0.15) is 10.4 Å². The molecule has 0 aliphatic heterocycles. The molecule has 0 saturated carbocycles. The van der Waals surface area contributed by atoms with Crippen molar-refractivity contribution in [3.8, 4) is 6.07 Å². The third-order valence-electron chi connectivity index (χ3n) is 3.94. The average Bonchev–Trinajstić information content (AvgIpc) is 2.81. The topological polar surface area (TPSA) is 67.9 Å². The number of nitrogens with zero attached hydrogens (tertiary/aromatic N) is 3. The highest BCUT2D eigenvalue weighted by molar-refractivity contribution is 5.78. The van der Waals surface area contributed by atoms with E-state index in [0.717, 1.165) is 17.0 Å². The van der Waals surface area contributed by atoms with E-state index in [1.165, 1.54) is 19.2 Å². The van der Waals surface area contributed by atoms with Crippen LogP contribution in [-0.2, 0) is 16.1 Å². The van der Waals surface area contributed by atoms with E-state index in [1.54, 1.807) is 17.7 Å². The van der Waals surface area contributed by atoms with E-state index in [4.69, 9.17) is 10.00 Å². The summed E-state index contributed by atoms with van der Waals surface area (Å²) in [5, 5.41) is 13.6. The minimum atomic E-state index is -0.446. The summed E-state index contributed by atoms with van der Waals surface area (Å²) in [5.74, 6) is -1.19. The van der Waals surface area contributed by atoms with E-state index >= 15 is 0 Å². The van der Waals surface area contributed by atoms with Crippen LogP contribution >= 0.6 is 0 Å².